The van der Waals surface area contributed by atoms with E-state index in [9.17, 15) is 8.42 Å². The number of sulfone groups is 1. The van der Waals surface area contributed by atoms with Crippen LogP contribution in [-0.2, 0) is 29.9 Å². The van der Waals surface area contributed by atoms with Crippen molar-refractivity contribution < 1.29 is 8.42 Å². The van der Waals surface area contributed by atoms with Gasteiger partial charge in [0.05, 0.1) is 22.2 Å². The van der Waals surface area contributed by atoms with Gasteiger partial charge in [-0.05, 0) is 6.42 Å². The van der Waals surface area contributed by atoms with Crippen molar-refractivity contribution in [1.29, 1.82) is 0 Å². The summed E-state index contributed by atoms with van der Waals surface area (Å²) in [7, 11) is -1.07. The van der Waals surface area contributed by atoms with Gasteiger partial charge in [-0.15, -0.1) is 0 Å². The van der Waals surface area contributed by atoms with Crippen LogP contribution in [0.3, 0.4) is 0 Å². The molecule has 1 rings (SSSR count). The van der Waals surface area contributed by atoms with Gasteiger partial charge in [0.1, 0.15) is 0 Å². The van der Waals surface area contributed by atoms with E-state index in [1.165, 1.54) is 0 Å². The normalized spacial score (nSPS) is 12.0. The highest BCUT2D eigenvalue weighted by molar-refractivity contribution is 7.91. The van der Waals surface area contributed by atoms with Crippen molar-refractivity contribution in [3.63, 3.8) is 0 Å². The average molecular weight is 294 g/mol. The summed E-state index contributed by atoms with van der Waals surface area (Å²) in [6.07, 6.45) is 0.789. The van der Waals surface area contributed by atoms with Gasteiger partial charge in [-0.1, -0.05) is 25.4 Å². The van der Waals surface area contributed by atoms with E-state index in [4.69, 9.17) is 11.6 Å². The van der Waals surface area contributed by atoms with E-state index < -0.39 is 9.84 Å². The summed E-state index contributed by atoms with van der Waals surface area (Å²) in [4.78, 5) is 0. The van der Waals surface area contributed by atoms with Crippen LogP contribution in [0.2, 0.25) is 5.02 Å². The van der Waals surface area contributed by atoms with Crippen molar-refractivity contribution >= 4 is 21.4 Å². The van der Waals surface area contributed by atoms with Gasteiger partial charge >= 0.3 is 0 Å². The lowest BCUT2D eigenvalue weighted by molar-refractivity contribution is 0.588. The molecule has 1 aromatic heterocycles. The molecule has 1 N–H and O–H groups in total. The van der Waals surface area contributed by atoms with Crippen molar-refractivity contribution in [3.05, 3.63) is 16.4 Å². The molecular weight excluding hydrogens is 274 g/mol. The van der Waals surface area contributed by atoms with Crippen molar-refractivity contribution in [3.8, 4) is 0 Å². The quantitative estimate of drug-likeness (QED) is 0.766. The van der Waals surface area contributed by atoms with Crippen molar-refractivity contribution in [2.75, 3.05) is 18.1 Å². The predicted octanol–water partition coefficient (Wildman–Crippen LogP) is 1.16. The van der Waals surface area contributed by atoms with Crippen LogP contribution in [0.4, 0.5) is 0 Å². The van der Waals surface area contributed by atoms with Crippen LogP contribution < -0.4 is 5.32 Å². The van der Waals surface area contributed by atoms with Gasteiger partial charge in [-0.2, -0.15) is 5.10 Å². The SMILES string of the molecule is CCc1nn(C)c(CNCCS(=O)(=O)CC)c1Cl. The molecule has 0 aliphatic rings. The minimum absolute atomic E-state index is 0.152. The van der Waals surface area contributed by atoms with Gasteiger partial charge in [0.25, 0.3) is 0 Å². The van der Waals surface area contributed by atoms with Gasteiger partial charge in [0.2, 0.25) is 0 Å². The molecule has 0 saturated heterocycles. The highest BCUT2D eigenvalue weighted by atomic mass is 35.5. The second kappa shape index (κ2) is 6.54. The van der Waals surface area contributed by atoms with Crippen LogP contribution in [0, 0.1) is 0 Å². The Bertz CT molecular complexity index is 497. The van der Waals surface area contributed by atoms with Crippen molar-refractivity contribution in [2.45, 2.75) is 26.8 Å². The molecule has 0 aromatic carbocycles. The summed E-state index contributed by atoms with van der Waals surface area (Å²) in [5.74, 6) is 0.334. The zero-order chi connectivity index (χ0) is 13.8. The fourth-order valence-corrected chi connectivity index (χ4v) is 2.70. The lowest BCUT2D eigenvalue weighted by Gasteiger charge is -2.05. The van der Waals surface area contributed by atoms with E-state index >= 15 is 0 Å². The van der Waals surface area contributed by atoms with Gasteiger partial charge in [-0.25, -0.2) is 8.42 Å². The van der Waals surface area contributed by atoms with Gasteiger partial charge in [0.15, 0.2) is 9.84 Å². The van der Waals surface area contributed by atoms with E-state index in [2.05, 4.69) is 10.4 Å². The average Bonchev–Trinajstić information content (AvgIpc) is 2.61. The maximum atomic E-state index is 11.3. The van der Waals surface area contributed by atoms with Crippen LogP contribution in [-0.4, -0.2) is 36.2 Å². The molecule has 1 aromatic rings. The molecular formula is C11H20ClN3O2S. The Labute approximate surface area is 113 Å². The first-order chi connectivity index (χ1) is 8.41. The molecule has 5 nitrogen and oxygen atoms in total. The van der Waals surface area contributed by atoms with E-state index in [1.807, 2.05) is 14.0 Å². The Morgan fingerprint density at radius 1 is 1.39 bits per heavy atom. The van der Waals surface area contributed by atoms with Gasteiger partial charge in [-0.3, -0.25) is 4.68 Å². The molecule has 18 heavy (non-hydrogen) atoms. The number of hydrogen-bond donors (Lipinski definition) is 1. The molecule has 104 valence electrons. The van der Waals surface area contributed by atoms with E-state index in [0.717, 1.165) is 17.8 Å². The van der Waals surface area contributed by atoms with Crippen LogP contribution in [0.15, 0.2) is 0 Å². The van der Waals surface area contributed by atoms with E-state index in [1.54, 1.807) is 11.6 Å². The molecule has 0 atom stereocenters. The minimum Gasteiger partial charge on any atom is -0.310 e. The second-order valence-corrected chi connectivity index (χ2v) is 6.95. The molecule has 0 spiro atoms. The summed E-state index contributed by atoms with van der Waals surface area (Å²) < 4.78 is 24.4. The maximum Gasteiger partial charge on any atom is 0.151 e. The Balaban J connectivity index is 2.52. The summed E-state index contributed by atoms with van der Waals surface area (Å²) in [5.41, 5.74) is 1.76. The van der Waals surface area contributed by atoms with Gasteiger partial charge in [0, 0.05) is 25.9 Å². The number of aryl methyl sites for hydroxylation is 2. The topological polar surface area (TPSA) is 64.0 Å². The predicted molar refractivity (Wildman–Crippen MR) is 73.6 cm³/mol. The third-order valence-corrected chi connectivity index (χ3v) is 4.97. The van der Waals surface area contributed by atoms with Crippen molar-refractivity contribution in [2.24, 2.45) is 7.05 Å². The van der Waals surface area contributed by atoms with Crippen molar-refractivity contribution in [1.82, 2.24) is 15.1 Å². The van der Waals surface area contributed by atoms with Crippen LogP contribution in [0.25, 0.3) is 0 Å². The van der Waals surface area contributed by atoms with E-state index in [0.29, 0.717) is 18.1 Å². The van der Waals surface area contributed by atoms with Gasteiger partial charge < -0.3 is 5.32 Å². The first-order valence-electron chi connectivity index (χ1n) is 6.02. The fourth-order valence-electron chi connectivity index (χ4n) is 1.59. The Hall–Kier alpha value is -0.590. The Kier molecular flexibility index (Phi) is 5.62. The molecule has 0 aliphatic carbocycles. The number of aromatic nitrogens is 2. The molecule has 0 unspecified atom stereocenters. The largest absolute Gasteiger partial charge is 0.310 e. The monoisotopic (exact) mass is 293 g/mol. The summed E-state index contributed by atoms with van der Waals surface area (Å²) in [5, 5.41) is 8.06. The fraction of sp³-hybridized carbons (Fsp3) is 0.727. The molecule has 0 saturated carbocycles. The third kappa shape index (κ3) is 3.96. The lowest BCUT2D eigenvalue weighted by atomic mass is 10.3. The highest BCUT2D eigenvalue weighted by Gasteiger charge is 2.13. The summed E-state index contributed by atoms with van der Waals surface area (Å²) in [6.45, 7) is 4.61. The highest BCUT2D eigenvalue weighted by Crippen LogP contribution is 2.20. The molecule has 0 aliphatic heterocycles. The van der Waals surface area contributed by atoms with Crippen LogP contribution in [0.1, 0.15) is 25.2 Å². The molecule has 0 fully saturated rings. The number of rotatable bonds is 7. The maximum absolute atomic E-state index is 11.3. The Morgan fingerprint density at radius 3 is 2.56 bits per heavy atom. The standard InChI is InChI=1S/C11H20ClN3O2S/c1-4-9-11(12)10(15(3)14-9)8-13-6-7-18(16,17)5-2/h13H,4-8H2,1-3H3. The Morgan fingerprint density at radius 2 is 2.06 bits per heavy atom. The zero-order valence-electron chi connectivity index (χ0n) is 11.0. The molecule has 0 amide bonds. The first kappa shape index (κ1) is 15.5. The second-order valence-electron chi connectivity index (χ2n) is 4.10. The molecule has 1 heterocycles. The first-order valence-corrected chi connectivity index (χ1v) is 8.22. The third-order valence-electron chi connectivity index (χ3n) is 2.83. The molecule has 0 radical (unpaired) electrons. The lowest BCUT2D eigenvalue weighted by Crippen LogP contribution is -2.24. The van der Waals surface area contributed by atoms with Crippen LogP contribution >= 0.6 is 11.6 Å². The number of nitrogens with zero attached hydrogens (tertiary/aromatic N) is 2. The summed E-state index contributed by atoms with van der Waals surface area (Å²) >= 11 is 6.18. The minimum atomic E-state index is -2.91. The zero-order valence-corrected chi connectivity index (χ0v) is 12.6. The van der Waals surface area contributed by atoms with Crippen LogP contribution in [0.5, 0.6) is 0 Å². The van der Waals surface area contributed by atoms with E-state index in [-0.39, 0.29) is 11.5 Å². The molecule has 7 heteroatoms. The number of halogens is 1. The smallest absolute Gasteiger partial charge is 0.151 e. The number of nitrogens with one attached hydrogen (secondary N) is 1. The molecule has 0 bridgehead atoms. The summed E-state index contributed by atoms with van der Waals surface area (Å²) in [6, 6.07) is 0. The number of hydrogen-bond acceptors (Lipinski definition) is 4.